The summed E-state index contributed by atoms with van der Waals surface area (Å²) in [5.74, 6) is 1.13. The van der Waals surface area contributed by atoms with E-state index in [-0.39, 0.29) is 12.2 Å². The zero-order valence-electron chi connectivity index (χ0n) is 15.2. The van der Waals surface area contributed by atoms with Gasteiger partial charge in [-0.1, -0.05) is 66.7 Å². The molecule has 5 nitrogen and oxygen atoms in total. The molecule has 5 heteroatoms. The van der Waals surface area contributed by atoms with E-state index in [1.807, 2.05) is 54.6 Å². The third-order valence-electron chi connectivity index (χ3n) is 4.84. The Balaban J connectivity index is 1.31. The van der Waals surface area contributed by atoms with Crippen LogP contribution in [0.5, 0.6) is 0 Å². The fraction of sp³-hybridized carbons (Fsp3) is 0.174. The van der Waals surface area contributed by atoms with Gasteiger partial charge in [0.2, 0.25) is 11.8 Å². The molecule has 28 heavy (non-hydrogen) atoms. The van der Waals surface area contributed by atoms with Crippen molar-refractivity contribution in [3.63, 3.8) is 0 Å². The first-order chi connectivity index (χ1) is 13.9. The van der Waals surface area contributed by atoms with Crippen LogP contribution in [-0.4, -0.2) is 29.9 Å². The molecule has 1 aromatic heterocycles. The first-order valence-electron chi connectivity index (χ1n) is 9.37. The molecule has 0 aliphatic carbocycles. The minimum atomic E-state index is -0.0656. The molecular formula is C23H19N3O2. The quantitative estimate of drug-likeness (QED) is 0.695. The van der Waals surface area contributed by atoms with Crippen molar-refractivity contribution in [2.75, 3.05) is 13.1 Å². The Hall–Kier alpha value is -3.47. The lowest BCUT2D eigenvalue weighted by Gasteiger charge is -2.12. The zero-order chi connectivity index (χ0) is 18.8. The van der Waals surface area contributed by atoms with Crippen LogP contribution >= 0.6 is 0 Å². The lowest BCUT2D eigenvalue weighted by Crippen LogP contribution is -2.12. The van der Waals surface area contributed by atoms with Crippen molar-refractivity contribution < 1.29 is 9.47 Å². The number of hydrogen-bond acceptors (Lipinski definition) is 5. The highest BCUT2D eigenvalue weighted by molar-refractivity contribution is 5.97. The van der Waals surface area contributed by atoms with E-state index in [2.05, 4.69) is 39.2 Å². The minimum Gasteiger partial charge on any atom is -0.466 e. The molecule has 2 aliphatic heterocycles. The maximum atomic E-state index is 6.05. The van der Waals surface area contributed by atoms with E-state index in [9.17, 15) is 0 Å². The van der Waals surface area contributed by atoms with Crippen molar-refractivity contribution in [1.82, 2.24) is 4.98 Å². The van der Waals surface area contributed by atoms with Gasteiger partial charge in [-0.25, -0.2) is 15.0 Å². The fourth-order valence-electron chi connectivity index (χ4n) is 3.39. The third kappa shape index (κ3) is 3.27. The van der Waals surface area contributed by atoms with E-state index in [0.717, 1.165) is 11.1 Å². The molecule has 3 heterocycles. The highest BCUT2D eigenvalue weighted by Crippen LogP contribution is 2.26. The van der Waals surface area contributed by atoms with Gasteiger partial charge in [-0.05, 0) is 23.3 Å². The van der Waals surface area contributed by atoms with Crippen LogP contribution in [0, 0.1) is 0 Å². The molecule has 0 spiro atoms. The van der Waals surface area contributed by atoms with Crippen LogP contribution < -0.4 is 0 Å². The van der Waals surface area contributed by atoms with Crippen LogP contribution in [-0.2, 0) is 9.47 Å². The lowest BCUT2D eigenvalue weighted by molar-refractivity contribution is 0.228. The molecule has 0 saturated carbocycles. The van der Waals surface area contributed by atoms with Crippen LogP contribution in [0.1, 0.15) is 34.7 Å². The molecule has 0 saturated heterocycles. The molecule has 2 aliphatic rings. The summed E-state index contributed by atoms with van der Waals surface area (Å²) in [5.41, 5.74) is 3.63. The van der Waals surface area contributed by atoms with E-state index in [1.54, 1.807) is 0 Å². The van der Waals surface area contributed by atoms with Crippen LogP contribution in [0.2, 0.25) is 0 Å². The van der Waals surface area contributed by atoms with Gasteiger partial charge in [0.1, 0.15) is 23.6 Å². The Morgan fingerprint density at radius 2 is 1.04 bits per heavy atom. The largest absolute Gasteiger partial charge is 0.466 e. The summed E-state index contributed by atoms with van der Waals surface area (Å²) in [6, 6.07) is 26.0. The summed E-state index contributed by atoms with van der Waals surface area (Å²) in [4.78, 5) is 13.8. The molecule has 2 aromatic carbocycles. The second-order valence-electron chi connectivity index (χ2n) is 6.73. The van der Waals surface area contributed by atoms with Crippen LogP contribution in [0.15, 0.2) is 88.8 Å². The highest BCUT2D eigenvalue weighted by Gasteiger charge is 2.26. The summed E-state index contributed by atoms with van der Waals surface area (Å²) in [6.45, 7) is 1.19. The van der Waals surface area contributed by atoms with Crippen molar-refractivity contribution in [3.8, 4) is 0 Å². The number of aromatic nitrogens is 1. The van der Waals surface area contributed by atoms with Gasteiger partial charge in [0.15, 0.2) is 0 Å². The van der Waals surface area contributed by atoms with E-state index >= 15 is 0 Å². The number of ether oxygens (including phenoxy) is 2. The number of rotatable bonds is 4. The van der Waals surface area contributed by atoms with Gasteiger partial charge in [-0.15, -0.1) is 0 Å². The summed E-state index contributed by atoms with van der Waals surface area (Å²) in [7, 11) is 0. The Morgan fingerprint density at radius 1 is 0.571 bits per heavy atom. The number of nitrogens with zero attached hydrogens (tertiary/aromatic N) is 3. The predicted molar refractivity (Wildman–Crippen MR) is 108 cm³/mol. The molecule has 0 fully saturated rings. The van der Waals surface area contributed by atoms with Gasteiger partial charge < -0.3 is 9.47 Å². The maximum Gasteiger partial charge on any atom is 0.236 e. The number of hydrogen-bond donors (Lipinski definition) is 0. The molecule has 0 bridgehead atoms. The second-order valence-corrected chi connectivity index (χ2v) is 6.73. The van der Waals surface area contributed by atoms with Crippen molar-refractivity contribution in [2.24, 2.45) is 9.98 Å². The van der Waals surface area contributed by atoms with Gasteiger partial charge in [-0.3, -0.25) is 0 Å². The normalized spacial score (nSPS) is 20.9. The van der Waals surface area contributed by atoms with Crippen LogP contribution in [0.25, 0.3) is 0 Å². The molecule has 0 amide bonds. The molecule has 0 unspecified atom stereocenters. The first-order valence-corrected chi connectivity index (χ1v) is 9.37. The highest BCUT2D eigenvalue weighted by atomic mass is 16.5. The Kier molecular flexibility index (Phi) is 4.33. The van der Waals surface area contributed by atoms with Crippen molar-refractivity contribution in [1.29, 1.82) is 0 Å². The minimum absolute atomic E-state index is 0.0656. The zero-order valence-corrected chi connectivity index (χ0v) is 15.2. The predicted octanol–water partition coefficient (Wildman–Crippen LogP) is 4.12. The summed E-state index contributed by atoms with van der Waals surface area (Å²) in [6.07, 6.45) is -0.131. The van der Waals surface area contributed by atoms with Gasteiger partial charge in [0.25, 0.3) is 0 Å². The average molecular weight is 369 g/mol. The van der Waals surface area contributed by atoms with Gasteiger partial charge >= 0.3 is 0 Å². The summed E-state index contributed by atoms with van der Waals surface area (Å²) in [5, 5.41) is 0. The second kappa shape index (κ2) is 7.27. The lowest BCUT2D eigenvalue weighted by atomic mass is 10.1. The standard InChI is InChI=1S/C23H19N3O2/c1-3-8-16(9-4-1)20-14-24-22(27-20)18-12-7-13-19(26-18)23-25-15-21(28-23)17-10-5-2-6-11-17/h1-13,20-21H,14-15H2/t20-,21-/m1/s1. The number of pyridine rings is 1. The van der Waals surface area contributed by atoms with E-state index < -0.39 is 0 Å². The summed E-state index contributed by atoms with van der Waals surface area (Å²) < 4.78 is 12.1. The SMILES string of the molecule is c1ccc([C@H]2CN=C(c3cccc(C4=NC[C@H](c5ccccc5)O4)n3)O2)cc1. The molecule has 0 radical (unpaired) electrons. The van der Waals surface area contributed by atoms with Crippen LogP contribution in [0.3, 0.4) is 0 Å². The molecule has 0 N–H and O–H groups in total. The van der Waals surface area contributed by atoms with Gasteiger partial charge in [0, 0.05) is 0 Å². The molecule has 2 atom stereocenters. The van der Waals surface area contributed by atoms with Gasteiger partial charge in [0.05, 0.1) is 13.1 Å². The van der Waals surface area contributed by atoms with E-state index in [0.29, 0.717) is 36.3 Å². The van der Waals surface area contributed by atoms with E-state index in [1.165, 1.54) is 0 Å². The van der Waals surface area contributed by atoms with Crippen molar-refractivity contribution in [3.05, 3.63) is 101 Å². The monoisotopic (exact) mass is 369 g/mol. The average Bonchev–Trinajstić information content (AvgIpc) is 3.46. The Bertz CT molecular complexity index is 951. The van der Waals surface area contributed by atoms with Crippen molar-refractivity contribution in [2.45, 2.75) is 12.2 Å². The number of benzene rings is 2. The topological polar surface area (TPSA) is 56.1 Å². The first kappa shape index (κ1) is 16.7. The number of aliphatic imine (C=N–C) groups is 2. The molecule has 138 valence electrons. The molecule has 5 rings (SSSR count). The van der Waals surface area contributed by atoms with E-state index in [4.69, 9.17) is 9.47 Å². The molecule has 3 aromatic rings. The Morgan fingerprint density at radius 3 is 1.50 bits per heavy atom. The third-order valence-corrected chi connectivity index (χ3v) is 4.84. The fourth-order valence-corrected chi connectivity index (χ4v) is 3.39. The summed E-state index contributed by atoms with van der Waals surface area (Å²) >= 11 is 0. The van der Waals surface area contributed by atoms with Gasteiger partial charge in [-0.2, -0.15) is 0 Å². The smallest absolute Gasteiger partial charge is 0.236 e. The Labute approximate surface area is 163 Å². The van der Waals surface area contributed by atoms with Crippen molar-refractivity contribution >= 4 is 11.8 Å². The van der Waals surface area contributed by atoms with Crippen LogP contribution in [0.4, 0.5) is 0 Å². The maximum absolute atomic E-state index is 6.05. The molecular weight excluding hydrogens is 350 g/mol.